The van der Waals surface area contributed by atoms with E-state index in [0.29, 0.717) is 58.0 Å². The maximum absolute atomic E-state index is 13.2. The Hall–Kier alpha value is -3.60. The van der Waals surface area contributed by atoms with E-state index in [9.17, 15) is 17.6 Å². The highest BCUT2D eigenvalue weighted by atomic mass is 35.5. The summed E-state index contributed by atoms with van der Waals surface area (Å²) >= 11 is 0. The average molecular weight is 600 g/mol. The van der Waals surface area contributed by atoms with Crippen molar-refractivity contribution in [3.63, 3.8) is 0 Å². The number of hydrogen-bond donors (Lipinski definition) is 2. The summed E-state index contributed by atoms with van der Waals surface area (Å²) in [6.45, 7) is 1.33. The lowest BCUT2D eigenvalue weighted by Gasteiger charge is -2.30. The van der Waals surface area contributed by atoms with Crippen LogP contribution in [0.1, 0.15) is 41.1 Å². The predicted octanol–water partition coefficient (Wildman–Crippen LogP) is 5.82. The molecule has 4 aromatic rings. The van der Waals surface area contributed by atoms with E-state index in [1.54, 1.807) is 49.5 Å². The van der Waals surface area contributed by atoms with Gasteiger partial charge in [0.15, 0.2) is 0 Å². The summed E-state index contributed by atoms with van der Waals surface area (Å²) in [4.78, 5) is 13.2. The van der Waals surface area contributed by atoms with Crippen LogP contribution in [0.2, 0.25) is 0 Å². The van der Waals surface area contributed by atoms with Crippen LogP contribution in [-0.2, 0) is 10.0 Å². The van der Waals surface area contributed by atoms with Crippen molar-refractivity contribution in [2.45, 2.75) is 31.2 Å². The van der Waals surface area contributed by atoms with Crippen molar-refractivity contribution >= 4 is 45.0 Å². The normalized spacial score (nSPS) is 16.8. The number of sulfonamides is 1. The Bertz CT molecular complexity index is 1680. The zero-order chi connectivity index (χ0) is 28.0. The van der Waals surface area contributed by atoms with Crippen molar-refractivity contribution in [3.05, 3.63) is 77.6 Å². The van der Waals surface area contributed by atoms with Gasteiger partial charge in [0.1, 0.15) is 28.7 Å². The maximum atomic E-state index is 13.2. The Morgan fingerprint density at radius 2 is 1.71 bits per heavy atom. The van der Waals surface area contributed by atoms with Gasteiger partial charge < -0.3 is 19.8 Å². The van der Waals surface area contributed by atoms with Crippen LogP contribution in [0, 0.1) is 5.82 Å². The summed E-state index contributed by atoms with van der Waals surface area (Å²) in [5, 5.41) is 6.63. The van der Waals surface area contributed by atoms with Crippen LogP contribution in [0.15, 0.2) is 65.1 Å². The molecule has 3 aromatic carbocycles. The van der Waals surface area contributed by atoms with Crippen molar-refractivity contribution in [2.75, 3.05) is 30.7 Å². The first-order valence-corrected chi connectivity index (χ1v) is 15.1. The summed E-state index contributed by atoms with van der Waals surface area (Å²) in [6, 6.07) is 16.3. The molecule has 1 aliphatic carbocycles. The molecule has 1 amide bonds. The third-order valence-corrected chi connectivity index (χ3v) is 8.64. The largest absolute Gasteiger partial charge is 0.457 e. The third-order valence-electron chi connectivity index (χ3n) is 7.44. The highest BCUT2D eigenvalue weighted by Gasteiger charge is 2.36. The van der Waals surface area contributed by atoms with Gasteiger partial charge in [0.2, 0.25) is 10.0 Å². The molecule has 1 unspecified atom stereocenters. The Balaban J connectivity index is 0.00000337. The number of fused-ring (bicyclic) bond motifs is 1. The summed E-state index contributed by atoms with van der Waals surface area (Å²) in [5.74, 6) is 1.01. The van der Waals surface area contributed by atoms with Gasteiger partial charge in [0, 0.05) is 30.6 Å². The van der Waals surface area contributed by atoms with Crippen molar-refractivity contribution in [1.29, 1.82) is 0 Å². The molecule has 1 saturated heterocycles. The lowest BCUT2D eigenvalue weighted by molar-refractivity contribution is 0.0964. The van der Waals surface area contributed by atoms with Crippen molar-refractivity contribution < 1.29 is 26.8 Å². The van der Waals surface area contributed by atoms with Crippen LogP contribution < -0.4 is 19.7 Å². The fraction of sp³-hybridized carbons (Fsp3) is 0.300. The topological polar surface area (TPSA) is 101 Å². The molecule has 8 nitrogen and oxygen atoms in total. The Morgan fingerprint density at radius 3 is 2.27 bits per heavy atom. The number of amides is 1. The fourth-order valence-corrected chi connectivity index (χ4v) is 6.65. The fourth-order valence-electron chi connectivity index (χ4n) is 5.41. The number of nitrogens with zero attached hydrogens (tertiary/aromatic N) is 1. The molecule has 1 saturated carbocycles. The highest BCUT2D eigenvalue weighted by Crippen LogP contribution is 2.48. The molecular formula is C30H31ClFN3O5S. The predicted molar refractivity (Wildman–Crippen MR) is 159 cm³/mol. The van der Waals surface area contributed by atoms with E-state index in [4.69, 9.17) is 9.15 Å². The van der Waals surface area contributed by atoms with Gasteiger partial charge in [-0.1, -0.05) is 0 Å². The van der Waals surface area contributed by atoms with Crippen molar-refractivity contribution in [2.24, 2.45) is 0 Å². The number of rotatable bonds is 8. The molecule has 0 bridgehead atoms. The lowest BCUT2D eigenvalue weighted by Crippen LogP contribution is -2.41. The minimum Gasteiger partial charge on any atom is -0.457 e. The van der Waals surface area contributed by atoms with Gasteiger partial charge in [-0.15, -0.1) is 12.4 Å². The van der Waals surface area contributed by atoms with Crippen LogP contribution >= 0.6 is 12.4 Å². The van der Waals surface area contributed by atoms with E-state index < -0.39 is 10.0 Å². The molecule has 1 atom stereocenters. The van der Waals surface area contributed by atoms with Gasteiger partial charge in [-0.2, -0.15) is 0 Å². The number of carbonyl (C=O) groups is 1. The third kappa shape index (κ3) is 5.77. The Kier molecular flexibility index (Phi) is 8.00. The molecular weight excluding hydrogens is 569 g/mol. The monoisotopic (exact) mass is 599 g/mol. The van der Waals surface area contributed by atoms with Gasteiger partial charge >= 0.3 is 0 Å². The second-order valence-corrected chi connectivity index (χ2v) is 12.2. The number of halogens is 2. The number of hydrogen-bond acceptors (Lipinski definition) is 6. The van der Waals surface area contributed by atoms with E-state index in [-0.39, 0.29) is 36.1 Å². The SMILES string of the molecule is CNC(=O)c1c(-c2ccc(Oc3ccc(F)cc3)cc2)oc2cc(N(C3CCNC3)S(C)(=O)=O)c(C3CC3)cc12.Cl. The van der Waals surface area contributed by atoms with E-state index in [1.165, 1.54) is 22.7 Å². The Morgan fingerprint density at radius 1 is 1.05 bits per heavy atom. The Labute approximate surface area is 244 Å². The number of anilines is 1. The second-order valence-electron chi connectivity index (χ2n) is 10.4. The number of furan rings is 1. The molecule has 1 aliphatic heterocycles. The first-order chi connectivity index (χ1) is 19.2. The van der Waals surface area contributed by atoms with Crippen LogP contribution in [0.25, 0.3) is 22.3 Å². The molecule has 0 radical (unpaired) electrons. The van der Waals surface area contributed by atoms with Gasteiger partial charge in [-0.25, -0.2) is 12.8 Å². The number of carbonyl (C=O) groups excluding carboxylic acids is 1. The van der Waals surface area contributed by atoms with Crippen LogP contribution in [-0.4, -0.2) is 46.8 Å². The summed E-state index contributed by atoms with van der Waals surface area (Å²) < 4.78 is 53.0. The first kappa shape index (κ1) is 28.9. The number of ether oxygens (including phenoxy) is 1. The molecule has 6 rings (SSSR count). The molecule has 0 spiro atoms. The zero-order valence-electron chi connectivity index (χ0n) is 22.6. The molecule has 2 heterocycles. The molecule has 41 heavy (non-hydrogen) atoms. The van der Waals surface area contributed by atoms with Gasteiger partial charge in [-0.3, -0.25) is 9.10 Å². The molecule has 2 aliphatic rings. The molecule has 2 N–H and O–H groups in total. The quantitative estimate of drug-likeness (QED) is 0.265. The van der Waals surface area contributed by atoms with Gasteiger partial charge in [0.25, 0.3) is 5.91 Å². The lowest BCUT2D eigenvalue weighted by atomic mass is 10.00. The standard InChI is InChI=1S/C30H30FN3O5S.ClH/c1-32-30(35)28-25-15-24(18-3-4-18)26(34(40(2,36)37)21-13-14-33-17-21)16-27(25)39-29(28)19-5-9-22(10-6-19)38-23-11-7-20(31)8-12-23;/h5-12,15-16,18,21,33H,3-4,13-14,17H2,1-2H3,(H,32,35);1H. The highest BCUT2D eigenvalue weighted by molar-refractivity contribution is 7.92. The second kappa shape index (κ2) is 11.3. The van der Waals surface area contributed by atoms with E-state index >= 15 is 0 Å². The minimum absolute atomic E-state index is 0. The average Bonchev–Trinajstić information content (AvgIpc) is 3.51. The number of nitrogens with one attached hydrogen (secondary N) is 2. The van der Waals surface area contributed by atoms with Gasteiger partial charge in [-0.05, 0) is 91.9 Å². The van der Waals surface area contributed by atoms with Crippen LogP contribution in [0.4, 0.5) is 10.1 Å². The van der Waals surface area contributed by atoms with E-state index in [2.05, 4.69) is 10.6 Å². The summed E-state index contributed by atoms with van der Waals surface area (Å²) in [7, 11) is -2.00. The molecule has 216 valence electrons. The minimum atomic E-state index is -3.57. The molecule has 2 fully saturated rings. The summed E-state index contributed by atoms with van der Waals surface area (Å²) in [5.41, 5.74) is 3.05. The molecule has 11 heteroatoms. The van der Waals surface area contributed by atoms with Gasteiger partial charge in [0.05, 0.1) is 23.5 Å². The maximum Gasteiger partial charge on any atom is 0.255 e. The molecule has 1 aromatic heterocycles. The van der Waals surface area contributed by atoms with E-state index in [1.807, 2.05) is 6.07 Å². The van der Waals surface area contributed by atoms with Crippen molar-refractivity contribution in [1.82, 2.24) is 10.6 Å². The first-order valence-electron chi connectivity index (χ1n) is 13.3. The van der Waals surface area contributed by atoms with Crippen LogP contribution in [0.3, 0.4) is 0 Å². The van der Waals surface area contributed by atoms with Crippen LogP contribution in [0.5, 0.6) is 11.5 Å². The summed E-state index contributed by atoms with van der Waals surface area (Å²) in [6.07, 6.45) is 3.89. The van der Waals surface area contributed by atoms with Crippen molar-refractivity contribution in [3.8, 4) is 22.8 Å². The smallest absolute Gasteiger partial charge is 0.255 e. The number of benzene rings is 3. The zero-order valence-corrected chi connectivity index (χ0v) is 24.3. The van der Waals surface area contributed by atoms with E-state index in [0.717, 1.165) is 24.9 Å².